The van der Waals surface area contributed by atoms with E-state index in [1.807, 2.05) is 0 Å². The summed E-state index contributed by atoms with van der Waals surface area (Å²) in [6.45, 7) is -1.41. The number of aromatic nitrogens is 1. The molecule has 0 aliphatic rings. The highest BCUT2D eigenvalue weighted by atomic mass is 79.9. The van der Waals surface area contributed by atoms with E-state index >= 15 is 0 Å². The molecule has 1 aromatic heterocycles. The predicted molar refractivity (Wildman–Crippen MR) is 63.6 cm³/mol. The highest BCUT2D eigenvalue weighted by Crippen LogP contribution is 2.15. The van der Waals surface area contributed by atoms with Gasteiger partial charge in [0.1, 0.15) is 6.61 Å². The summed E-state index contributed by atoms with van der Waals surface area (Å²) in [7, 11) is 0. The Kier molecular flexibility index (Phi) is 6.00. The standard InChI is InChI=1S/C10H13BrF3N3O/c11-7-1-2-8(16-4-7)3-9(17-15)5-18-6-10(12,13)14/h1-2,4,9,17H,3,5-6,15H2. The van der Waals surface area contributed by atoms with Crippen molar-refractivity contribution in [3.05, 3.63) is 28.5 Å². The van der Waals surface area contributed by atoms with E-state index in [0.29, 0.717) is 6.42 Å². The fraction of sp³-hybridized carbons (Fsp3) is 0.500. The summed E-state index contributed by atoms with van der Waals surface area (Å²) in [5.74, 6) is 5.25. The van der Waals surface area contributed by atoms with E-state index in [1.54, 1.807) is 18.3 Å². The number of pyridine rings is 1. The third kappa shape index (κ3) is 6.29. The van der Waals surface area contributed by atoms with Gasteiger partial charge in [-0.3, -0.25) is 16.3 Å². The first kappa shape index (κ1) is 15.4. The number of halogens is 4. The number of ether oxygens (including phenoxy) is 1. The Balaban J connectivity index is 2.40. The molecule has 4 nitrogen and oxygen atoms in total. The zero-order valence-electron chi connectivity index (χ0n) is 9.38. The van der Waals surface area contributed by atoms with Gasteiger partial charge >= 0.3 is 6.18 Å². The van der Waals surface area contributed by atoms with Crippen molar-refractivity contribution in [3.63, 3.8) is 0 Å². The summed E-state index contributed by atoms with van der Waals surface area (Å²) < 4.78 is 41.0. The number of hydrazine groups is 1. The Morgan fingerprint density at radius 2 is 2.17 bits per heavy atom. The van der Waals surface area contributed by atoms with Crippen LogP contribution in [0, 0.1) is 0 Å². The molecule has 102 valence electrons. The van der Waals surface area contributed by atoms with Gasteiger partial charge in [-0.25, -0.2) is 0 Å². The van der Waals surface area contributed by atoms with Crippen LogP contribution in [-0.2, 0) is 11.2 Å². The highest BCUT2D eigenvalue weighted by molar-refractivity contribution is 9.10. The second-order valence-electron chi connectivity index (χ2n) is 3.67. The van der Waals surface area contributed by atoms with Crippen molar-refractivity contribution in [2.45, 2.75) is 18.6 Å². The van der Waals surface area contributed by atoms with Crippen molar-refractivity contribution < 1.29 is 17.9 Å². The quantitative estimate of drug-likeness (QED) is 0.618. The zero-order valence-corrected chi connectivity index (χ0v) is 11.0. The van der Waals surface area contributed by atoms with E-state index < -0.39 is 18.8 Å². The topological polar surface area (TPSA) is 60.2 Å². The Bertz CT molecular complexity index is 358. The summed E-state index contributed by atoms with van der Waals surface area (Å²) in [5, 5.41) is 0. The lowest BCUT2D eigenvalue weighted by Crippen LogP contribution is -2.41. The van der Waals surface area contributed by atoms with Crippen molar-refractivity contribution >= 4 is 15.9 Å². The fourth-order valence-corrected chi connectivity index (χ4v) is 1.50. The Morgan fingerprint density at radius 3 is 2.67 bits per heavy atom. The third-order valence-corrected chi connectivity index (χ3v) is 2.53. The van der Waals surface area contributed by atoms with Crippen LogP contribution in [0.1, 0.15) is 5.69 Å². The number of hydrogen-bond acceptors (Lipinski definition) is 4. The SMILES string of the molecule is NNC(COCC(F)(F)F)Cc1ccc(Br)cn1. The van der Waals surface area contributed by atoms with Crippen LogP contribution in [0.2, 0.25) is 0 Å². The molecule has 0 fully saturated rings. The molecular weight excluding hydrogens is 315 g/mol. The summed E-state index contributed by atoms with van der Waals surface area (Å²) in [5.41, 5.74) is 3.13. The third-order valence-electron chi connectivity index (χ3n) is 2.06. The van der Waals surface area contributed by atoms with Crippen molar-refractivity contribution in [1.82, 2.24) is 10.4 Å². The number of rotatable bonds is 6. The van der Waals surface area contributed by atoms with Gasteiger partial charge in [-0.1, -0.05) is 0 Å². The van der Waals surface area contributed by atoms with Crippen LogP contribution in [0.5, 0.6) is 0 Å². The van der Waals surface area contributed by atoms with Gasteiger partial charge in [-0.15, -0.1) is 0 Å². The largest absolute Gasteiger partial charge is 0.411 e. The maximum atomic E-state index is 11.9. The van der Waals surface area contributed by atoms with Crippen molar-refractivity contribution in [2.24, 2.45) is 5.84 Å². The van der Waals surface area contributed by atoms with E-state index in [9.17, 15) is 13.2 Å². The van der Waals surface area contributed by atoms with Gasteiger partial charge in [0.15, 0.2) is 0 Å². The summed E-state index contributed by atoms with van der Waals surface area (Å²) >= 11 is 3.24. The number of hydrogen-bond donors (Lipinski definition) is 2. The lowest BCUT2D eigenvalue weighted by Gasteiger charge is -2.16. The Labute approximate surface area is 111 Å². The van der Waals surface area contributed by atoms with Gasteiger partial charge in [0.25, 0.3) is 0 Å². The molecule has 1 unspecified atom stereocenters. The van der Waals surface area contributed by atoms with E-state index in [1.165, 1.54) is 0 Å². The first-order chi connectivity index (χ1) is 8.40. The molecule has 0 saturated carbocycles. The molecule has 18 heavy (non-hydrogen) atoms. The van der Waals surface area contributed by atoms with Gasteiger partial charge in [-0.2, -0.15) is 13.2 Å². The minimum atomic E-state index is -4.32. The average Bonchev–Trinajstić information content (AvgIpc) is 2.29. The molecule has 8 heteroatoms. The first-order valence-corrected chi connectivity index (χ1v) is 5.91. The molecule has 0 aliphatic carbocycles. The van der Waals surface area contributed by atoms with E-state index in [0.717, 1.165) is 10.2 Å². The Morgan fingerprint density at radius 1 is 1.44 bits per heavy atom. The summed E-state index contributed by atoms with van der Waals surface area (Å²) in [6.07, 6.45) is -2.32. The van der Waals surface area contributed by atoms with Gasteiger partial charge in [0.05, 0.1) is 6.61 Å². The maximum absolute atomic E-state index is 11.9. The molecule has 0 radical (unpaired) electrons. The van der Waals surface area contributed by atoms with Crippen LogP contribution in [0.3, 0.4) is 0 Å². The Hall–Kier alpha value is -0.700. The van der Waals surface area contributed by atoms with Crippen LogP contribution < -0.4 is 11.3 Å². The minimum Gasteiger partial charge on any atom is -0.370 e. The summed E-state index contributed by atoms with van der Waals surface area (Å²) in [6, 6.07) is 3.14. The lowest BCUT2D eigenvalue weighted by atomic mass is 10.1. The van der Waals surface area contributed by atoms with Crippen LogP contribution in [0.4, 0.5) is 13.2 Å². The first-order valence-electron chi connectivity index (χ1n) is 5.12. The molecule has 0 aliphatic heterocycles. The van der Waals surface area contributed by atoms with Gasteiger partial charge in [0, 0.05) is 28.8 Å². The molecular formula is C10H13BrF3N3O. The molecule has 0 bridgehead atoms. The number of alkyl halides is 3. The fourth-order valence-electron chi connectivity index (χ4n) is 1.26. The predicted octanol–water partition coefficient (Wildman–Crippen LogP) is 1.80. The van der Waals surface area contributed by atoms with E-state index in [4.69, 9.17) is 5.84 Å². The van der Waals surface area contributed by atoms with Gasteiger partial charge in [-0.05, 0) is 28.1 Å². The normalized spacial score (nSPS) is 13.6. The summed E-state index contributed by atoms with van der Waals surface area (Å²) in [4.78, 5) is 4.10. The smallest absolute Gasteiger partial charge is 0.370 e. The minimum absolute atomic E-state index is 0.131. The van der Waals surface area contributed by atoms with Crippen molar-refractivity contribution in [1.29, 1.82) is 0 Å². The molecule has 0 amide bonds. The van der Waals surface area contributed by atoms with Crippen LogP contribution in [0.25, 0.3) is 0 Å². The van der Waals surface area contributed by atoms with Crippen molar-refractivity contribution in [3.8, 4) is 0 Å². The molecule has 1 aromatic rings. The zero-order chi connectivity index (χ0) is 13.6. The van der Waals surface area contributed by atoms with E-state index in [2.05, 4.69) is 31.1 Å². The lowest BCUT2D eigenvalue weighted by molar-refractivity contribution is -0.175. The van der Waals surface area contributed by atoms with Crippen LogP contribution in [-0.4, -0.2) is 30.4 Å². The second-order valence-corrected chi connectivity index (χ2v) is 4.58. The van der Waals surface area contributed by atoms with Crippen LogP contribution in [0.15, 0.2) is 22.8 Å². The molecule has 0 spiro atoms. The molecule has 1 rings (SSSR count). The number of nitrogens with one attached hydrogen (secondary N) is 1. The molecule has 0 saturated heterocycles. The number of nitrogens with zero attached hydrogens (tertiary/aromatic N) is 1. The second kappa shape index (κ2) is 7.03. The van der Waals surface area contributed by atoms with Gasteiger partial charge < -0.3 is 4.74 Å². The van der Waals surface area contributed by atoms with Crippen molar-refractivity contribution in [2.75, 3.05) is 13.2 Å². The maximum Gasteiger partial charge on any atom is 0.411 e. The van der Waals surface area contributed by atoms with Crippen LogP contribution >= 0.6 is 15.9 Å². The average molecular weight is 328 g/mol. The van der Waals surface area contributed by atoms with Gasteiger partial charge in [0.2, 0.25) is 0 Å². The van der Waals surface area contributed by atoms with E-state index in [-0.39, 0.29) is 6.61 Å². The monoisotopic (exact) mass is 327 g/mol. The highest BCUT2D eigenvalue weighted by Gasteiger charge is 2.27. The molecule has 0 aromatic carbocycles. The molecule has 1 heterocycles. The number of nitrogens with two attached hydrogens (primary N) is 1. The molecule has 3 N–H and O–H groups in total. The molecule has 1 atom stereocenters.